The Morgan fingerprint density at radius 1 is 1.29 bits per heavy atom. The first-order valence-electron chi connectivity index (χ1n) is 4.88. The molecule has 3 N–H and O–H groups in total. The van der Waals surface area contributed by atoms with Crippen LogP contribution in [0.15, 0.2) is 24.3 Å². The number of aromatic nitrogens is 2. The molecule has 0 unspecified atom stereocenters. The first-order valence-corrected chi connectivity index (χ1v) is 5.25. The second-order valence-electron chi connectivity index (χ2n) is 3.50. The average molecular weight is 253 g/mol. The highest BCUT2D eigenvalue weighted by molar-refractivity contribution is 6.33. The molecule has 17 heavy (non-hydrogen) atoms. The molecule has 4 nitrogen and oxygen atoms in total. The number of nitrogens with one attached hydrogen (secondary N) is 1. The van der Waals surface area contributed by atoms with Crippen LogP contribution < -0.4 is 11.1 Å². The van der Waals surface area contributed by atoms with Crippen molar-refractivity contribution in [1.29, 1.82) is 0 Å². The van der Waals surface area contributed by atoms with Crippen LogP contribution in [-0.4, -0.2) is 9.97 Å². The van der Waals surface area contributed by atoms with Gasteiger partial charge in [0.2, 0.25) is 5.95 Å². The molecule has 1 aromatic carbocycles. The maximum atomic E-state index is 12.9. The standard InChI is InChI=1S/C11H10ClFN4/c1-6-4-10(17-11(14)15-6)16-9-3-2-7(13)5-8(9)12/h2-5H,1H3,(H3,14,15,16,17). The Bertz CT molecular complexity index is 539. The molecule has 0 atom stereocenters. The Kier molecular flexibility index (Phi) is 3.10. The molecule has 1 aromatic heterocycles. The van der Waals surface area contributed by atoms with E-state index in [-0.39, 0.29) is 16.8 Å². The lowest BCUT2D eigenvalue weighted by Crippen LogP contribution is -2.01. The molecule has 0 aliphatic heterocycles. The Labute approximate surface area is 103 Å². The summed E-state index contributed by atoms with van der Waals surface area (Å²) >= 11 is 5.88. The lowest BCUT2D eigenvalue weighted by Gasteiger charge is -2.08. The maximum absolute atomic E-state index is 12.9. The summed E-state index contributed by atoms with van der Waals surface area (Å²) in [6.07, 6.45) is 0. The molecular weight excluding hydrogens is 243 g/mol. The van der Waals surface area contributed by atoms with Crippen molar-refractivity contribution in [3.05, 3.63) is 40.8 Å². The van der Waals surface area contributed by atoms with E-state index in [0.717, 1.165) is 5.69 Å². The summed E-state index contributed by atoms with van der Waals surface area (Å²) in [6, 6.07) is 5.79. The van der Waals surface area contributed by atoms with Crippen LogP contribution in [0, 0.1) is 12.7 Å². The fourth-order valence-corrected chi connectivity index (χ4v) is 1.60. The number of aryl methyl sites for hydroxylation is 1. The van der Waals surface area contributed by atoms with Gasteiger partial charge in [-0.2, -0.15) is 4.98 Å². The van der Waals surface area contributed by atoms with Crippen molar-refractivity contribution in [3.63, 3.8) is 0 Å². The van der Waals surface area contributed by atoms with Crippen LogP contribution in [0.4, 0.5) is 21.8 Å². The van der Waals surface area contributed by atoms with Gasteiger partial charge in [-0.15, -0.1) is 0 Å². The predicted molar refractivity (Wildman–Crippen MR) is 65.9 cm³/mol. The summed E-state index contributed by atoms with van der Waals surface area (Å²) in [5, 5.41) is 3.23. The maximum Gasteiger partial charge on any atom is 0.222 e. The van der Waals surface area contributed by atoms with Gasteiger partial charge in [0.1, 0.15) is 11.6 Å². The van der Waals surface area contributed by atoms with E-state index < -0.39 is 0 Å². The largest absolute Gasteiger partial charge is 0.368 e. The van der Waals surface area contributed by atoms with Crippen molar-refractivity contribution in [3.8, 4) is 0 Å². The molecular formula is C11H10ClFN4. The van der Waals surface area contributed by atoms with Crippen LogP contribution in [-0.2, 0) is 0 Å². The molecule has 1 heterocycles. The lowest BCUT2D eigenvalue weighted by molar-refractivity contribution is 0.628. The molecule has 0 bridgehead atoms. The molecule has 2 rings (SSSR count). The van der Waals surface area contributed by atoms with Gasteiger partial charge in [-0.3, -0.25) is 0 Å². The Balaban J connectivity index is 2.31. The van der Waals surface area contributed by atoms with Crippen molar-refractivity contribution >= 4 is 29.1 Å². The van der Waals surface area contributed by atoms with E-state index in [1.54, 1.807) is 13.0 Å². The van der Waals surface area contributed by atoms with Gasteiger partial charge in [0, 0.05) is 11.8 Å². The van der Waals surface area contributed by atoms with E-state index in [9.17, 15) is 4.39 Å². The molecule has 0 spiro atoms. The fraction of sp³-hybridized carbons (Fsp3) is 0.0909. The van der Waals surface area contributed by atoms with Gasteiger partial charge >= 0.3 is 0 Å². The van der Waals surface area contributed by atoms with Crippen molar-refractivity contribution in [2.45, 2.75) is 6.92 Å². The van der Waals surface area contributed by atoms with E-state index in [1.165, 1.54) is 18.2 Å². The van der Waals surface area contributed by atoms with Crippen molar-refractivity contribution in [2.24, 2.45) is 0 Å². The van der Waals surface area contributed by atoms with Crippen LogP contribution in [0.5, 0.6) is 0 Å². The highest BCUT2D eigenvalue weighted by Gasteiger charge is 2.04. The van der Waals surface area contributed by atoms with Gasteiger partial charge in [0.15, 0.2) is 0 Å². The average Bonchev–Trinajstić information content (AvgIpc) is 2.21. The second-order valence-corrected chi connectivity index (χ2v) is 3.91. The Morgan fingerprint density at radius 3 is 2.71 bits per heavy atom. The van der Waals surface area contributed by atoms with Gasteiger partial charge in [-0.05, 0) is 25.1 Å². The van der Waals surface area contributed by atoms with E-state index in [0.29, 0.717) is 11.5 Å². The Morgan fingerprint density at radius 2 is 2.06 bits per heavy atom. The summed E-state index contributed by atoms with van der Waals surface area (Å²) in [5.41, 5.74) is 6.82. The summed E-state index contributed by atoms with van der Waals surface area (Å²) in [5.74, 6) is 0.299. The summed E-state index contributed by atoms with van der Waals surface area (Å²) in [6.45, 7) is 1.80. The third-order valence-electron chi connectivity index (χ3n) is 2.07. The predicted octanol–water partition coefficient (Wildman–Crippen LogP) is 2.90. The second kappa shape index (κ2) is 4.55. The number of anilines is 3. The molecule has 0 saturated carbocycles. The molecule has 0 saturated heterocycles. The molecule has 0 amide bonds. The number of hydrogen-bond acceptors (Lipinski definition) is 4. The summed E-state index contributed by atoms with van der Waals surface area (Å²) in [4.78, 5) is 7.94. The third-order valence-corrected chi connectivity index (χ3v) is 2.38. The van der Waals surface area contributed by atoms with Gasteiger partial charge in [-0.1, -0.05) is 11.6 Å². The van der Waals surface area contributed by atoms with Crippen LogP contribution in [0.1, 0.15) is 5.69 Å². The monoisotopic (exact) mass is 252 g/mol. The van der Waals surface area contributed by atoms with Gasteiger partial charge in [0.25, 0.3) is 0 Å². The molecule has 0 fully saturated rings. The quantitative estimate of drug-likeness (QED) is 0.863. The van der Waals surface area contributed by atoms with Crippen molar-refractivity contribution in [1.82, 2.24) is 9.97 Å². The minimum atomic E-state index is -0.390. The molecule has 0 aliphatic carbocycles. The zero-order chi connectivity index (χ0) is 12.4. The van der Waals surface area contributed by atoms with E-state index in [4.69, 9.17) is 17.3 Å². The molecule has 2 aromatic rings. The van der Waals surface area contributed by atoms with Crippen molar-refractivity contribution < 1.29 is 4.39 Å². The SMILES string of the molecule is Cc1cc(Nc2ccc(F)cc2Cl)nc(N)n1. The fourth-order valence-electron chi connectivity index (χ4n) is 1.38. The van der Waals surface area contributed by atoms with Gasteiger partial charge < -0.3 is 11.1 Å². The third kappa shape index (κ3) is 2.82. The number of hydrogen-bond donors (Lipinski definition) is 2. The minimum absolute atomic E-state index is 0.172. The van der Waals surface area contributed by atoms with E-state index >= 15 is 0 Å². The van der Waals surface area contributed by atoms with Crippen molar-refractivity contribution in [2.75, 3.05) is 11.1 Å². The highest BCUT2D eigenvalue weighted by atomic mass is 35.5. The molecule has 88 valence electrons. The normalized spacial score (nSPS) is 10.3. The van der Waals surface area contributed by atoms with Crippen LogP contribution in [0.25, 0.3) is 0 Å². The summed E-state index contributed by atoms with van der Waals surface area (Å²) < 4.78 is 12.9. The Hall–Kier alpha value is -1.88. The number of nitrogens with zero attached hydrogens (tertiary/aromatic N) is 2. The number of halogens is 2. The van der Waals surface area contributed by atoms with Gasteiger partial charge in [-0.25, -0.2) is 9.37 Å². The van der Waals surface area contributed by atoms with Gasteiger partial charge in [0.05, 0.1) is 10.7 Å². The first kappa shape index (κ1) is 11.6. The van der Waals surface area contributed by atoms with Crippen LogP contribution >= 0.6 is 11.6 Å². The highest BCUT2D eigenvalue weighted by Crippen LogP contribution is 2.25. The molecule has 6 heteroatoms. The molecule has 0 radical (unpaired) electrons. The van der Waals surface area contributed by atoms with Crippen LogP contribution in [0.2, 0.25) is 5.02 Å². The summed E-state index contributed by atoms with van der Waals surface area (Å²) in [7, 11) is 0. The topological polar surface area (TPSA) is 63.8 Å². The number of rotatable bonds is 2. The number of nitrogens with two attached hydrogens (primary N) is 1. The van der Waals surface area contributed by atoms with Crippen LogP contribution in [0.3, 0.4) is 0 Å². The van der Waals surface area contributed by atoms with E-state index in [1.807, 2.05) is 0 Å². The number of nitrogen functional groups attached to an aromatic ring is 1. The minimum Gasteiger partial charge on any atom is -0.368 e. The smallest absolute Gasteiger partial charge is 0.222 e. The molecule has 0 aliphatic rings. The number of benzene rings is 1. The first-order chi connectivity index (χ1) is 8.04. The lowest BCUT2D eigenvalue weighted by atomic mass is 10.3. The van der Waals surface area contributed by atoms with E-state index in [2.05, 4.69) is 15.3 Å². The zero-order valence-electron chi connectivity index (χ0n) is 9.04. The zero-order valence-corrected chi connectivity index (χ0v) is 9.79.